The first-order chi connectivity index (χ1) is 17.4. The maximum absolute atomic E-state index is 13.8. The fourth-order valence-electron chi connectivity index (χ4n) is 9.53. The van der Waals surface area contributed by atoms with Crippen LogP contribution in [0.3, 0.4) is 0 Å². The van der Waals surface area contributed by atoms with Gasteiger partial charge in [0.1, 0.15) is 18.9 Å². The maximum atomic E-state index is 13.8. The Bertz CT molecular complexity index is 1040. The molecule has 4 fully saturated rings. The third kappa shape index (κ3) is 4.36. The van der Waals surface area contributed by atoms with E-state index in [2.05, 4.69) is 25.9 Å². The number of Topliss-reactive ketones (excluding diaryl/α,β-unsaturated/α-hetero) is 1. The van der Waals surface area contributed by atoms with Crippen molar-refractivity contribution in [3.63, 3.8) is 0 Å². The van der Waals surface area contributed by atoms with Gasteiger partial charge in [-0.1, -0.05) is 20.8 Å². The second-order valence-corrected chi connectivity index (χ2v) is 13.7. The number of rotatable bonds is 6. The standard InChI is InChI=1S/C29H45N3O5/c1-26-13-14-29(34,19-37-4)15-22(26)8-6-20-5-7-21-9-11-28(3,27(21,2)12-10-24(20)26)25(33)18-31-17-23(16-30-31)32(35)36/h16-17,20-22,24,34H,5-15,18-19H2,1-4H3/t20-,21+,22-,24-,26-,27-,28+,29+/m0/s1. The van der Waals surface area contributed by atoms with Crippen molar-refractivity contribution in [1.29, 1.82) is 0 Å². The summed E-state index contributed by atoms with van der Waals surface area (Å²) >= 11 is 0. The van der Waals surface area contributed by atoms with E-state index in [1.165, 1.54) is 42.8 Å². The van der Waals surface area contributed by atoms with E-state index in [1.807, 2.05) is 0 Å². The summed E-state index contributed by atoms with van der Waals surface area (Å²) in [6, 6.07) is 0. The van der Waals surface area contributed by atoms with Gasteiger partial charge in [-0.05, 0) is 105 Å². The number of aliphatic hydroxyl groups is 1. The highest BCUT2D eigenvalue weighted by Crippen LogP contribution is 2.66. The second kappa shape index (κ2) is 9.44. The van der Waals surface area contributed by atoms with Crippen molar-refractivity contribution in [2.75, 3.05) is 13.7 Å². The number of carbonyl (C=O) groups excluding carboxylic acids is 1. The van der Waals surface area contributed by atoms with Crippen LogP contribution >= 0.6 is 0 Å². The quantitative estimate of drug-likeness (QED) is 0.392. The van der Waals surface area contributed by atoms with Crippen LogP contribution in [0.5, 0.6) is 0 Å². The predicted molar refractivity (Wildman–Crippen MR) is 140 cm³/mol. The molecule has 5 rings (SSSR count). The molecule has 1 aromatic rings. The van der Waals surface area contributed by atoms with Gasteiger partial charge in [0.05, 0.1) is 17.1 Å². The summed E-state index contributed by atoms with van der Waals surface area (Å²) in [6.07, 6.45) is 14.3. The van der Waals surface area contributed by atoms with E-state index in [0.29, 0.717) is 24.4 Å². The minimum atomic E-state index is -0.692. The van der Waals surface area contributed by atoms with Gasteiger partial charge in [-0.15, -0.1) is 0 Å². The first kappa shape index (κ1) is 26.8. The van der Waals surface area contributed by atoms with Crippen molar-refractivity contribution >= 4 is 11.5 Å². The zero-order valence-corrected chi connectivity index (χ0v) is 23.1. The maximum Gasteiger partial charge on any atom is 0.307 e. The van der Waals surface area contributed by atoms with E-state index >= 15 is 0 Å². The van der Waals surface area contributed by atoms with Crippen LogP contribution in [-0.2, 0) is 16.1 Å². The Kier molecular flexibility index (Phi) is 6.83. The number of fused-ring (bicyclic) bond motifs is 4. The topological polar surface area (TPSA) is 107 Å². The number of nitrogens with zero attached hydrogens (tertiary/aromatic N) is 3. The third-order valence-electron chi connectivity index (χ3n) is 12.2. The Morgan fingerprint density at radius 3 is 2.51 bits per heavy atom. The summed E-state index contributed by atoms with van der Waals surface area (Å²) in [5.41, 5.74) is -1.06. The molecular weight excluding hydrogens is 470 g/mol. The summed E-state index contributed by atoms with van der Waals surface area (Å²) in [4.78, 5) is 24.4. The predicted octanol–water partition coefficient (Wildman–Crippen LogP) is 5.57. The molecule has 0 aromatic carbocycles. The molecule has 1 N–H and O–H groups in total. The van der Waals surface area contributed by atoms with Gasteiger partial charge in [-0.3, -0.25) is 19.6 Å². The monoisotopic (exact) mass is 515 g/mol. The molecule has 1 heterocycles. The molecule has 1 aromatic heterocycles. The Morgan fingerprint density at radius 1 is 1.11 bits per heavy atom. The van der Waals surface area contributed by atoms with Crippen LogP contribution in [0.1, 0.15) is 91.4 Å². The number of methoxy groups -OCH3 is 1. The van der Waals surface area contributed by atoms with Gasteiger partial charge < -0.3 is 9.84 Å². The van der Waals surface area contributed by atoms with Crippen LogP contribution in [0.15, 0.2) is 12.4 Å². The van der Waals surface area contributed by atoms with Crippen LogP contribution in [-0.4, -0.2) is 44.9 Å². The molecule has 8 heteroatoms. The summed E-state index contributed by atoms with van der Waals surface area (Å²) in [7, 11) is 1.68. The lowest BCUT2D eigenvalue weighted by molar-refractivity contribution is -0.385. The fraction of sp³-hybridized carbons (Fsp3) is 0.862. The van der Waals surface area contributed by atoms with Gasteiger partial charge in [-0.25, -0.2) is 0 Å². The second-order valence-electron chi connectivity index (χ2n) is 13.7. The molecule has 4 saturated carbocycles. The fourth-order valence-corrected chi connectivity index (χ4v) is 9.53. The largest absolute Gasteiger partial charge is 0.387 e. The molecule has 0 bridgehead atoms. The van der Waals surface area contributed by atoms with Crippen molar-refractivity contribution in [2.45, 2.75) is 104 Å². The molecule has 0 amide bonds. The van der Waals surface area contributed by atoms with Crippen LogP contribution < -0.4 is 0 Å². The molecular formula is C29H45N3O5. The average molecular weight is 516 g/mol. The van der Waals surface area contributed by atoms with E-state index < -0.39 is 15.9 Å². The van der Waals surface area contributed by atoms with Crippen molar-refractivity contribution in [1.82, 2.24) is 9.78 Å². The van der Waals surface area contributed by atoms with Gasteiger partial charge in [0, 0.05) is 12.5 Å². The molecule has 37 heavy (non-hydrogen) atoms. The SMILES string of the molecule is COC[C@@]1(O)CC[C@@]2(C)[C@@H](CC[C@@H]3CC[C@@H]4CC[C@](C)(C(=O)Cn5cc([N+](=O)[O-])cn5)[C@@]4(C)CC[C@@H]32)C1. The zero-order valence-electron chi connectivity index (χ0n) is 23.1. The van der Waals surface area contributed by atoms with Gasteiger partial charge >= 0.3 is 5.69 Å². The lowest BCUT2D eigenvalue weighted by Crippen LogP contribution is -2.54. The third-order valence-corrected chi connectivity index (χ3v) is 12.2. The van der Waals surface area contributed by atoms with Crippen molar-refractivity contribution < 1.29 is 19.6 Å². The number of hydrogen-bond donors (Lipinski definition) is 1. The highest BCUT2D eigenvalue weighted by molar-refractivity contribution is 5.85. The van der Waals surface area contributed by atoms with E-state index in [1.54, 1.807) is 7.11 Å². The Morgan fingerprint density at radius 2 is 1.84 bits per heavy atom. The first-order valence-corrected chi connectivity index (χ1v) is 14.4. The van der Waals surface area contributed by atoms with Gasteiger partial charge in [-0.2, -0.15) is 5.10 Å². The molecule has 0 aliphatic heterocycles. The molecule has 4 aliphatic carbocycles. The Labute approximate surface area is 220 Å². The zero-order chi connectivity index (χ0) is 26.6. The number of ketones is 1. The van der Waals surface area contributed by atoms with Gasteiger partial charge in [0.2, 0.25) is 0 Å². The lowest BCUT2D eigenvalue weighted by atomic mass is 9.47. The number of aromatic nitrogens is 2. The minimum absolute atomic E-state index is 0.0737. The number of carbonyl (C=O) groups is 1. The molecule has 0 unspecified atom stereocenters. The summed E-state index contributed by atoms with van der Waals surface area (Å²) in [5, 5.41) is 26.3. The van der Waals surface area contributed by atoms with Crippen LogP contribution in [0.25, 0.3) is 0 Å². The Balaban J connectivity index is 1.35. The summed E-state index contributed by atoms with van der Waals surface area (Å²) in [6.45, 7) is 7.52. The van der Waals surface area contributed by atoms with E-state index in [4.69, 9.17) is 4.74 Å². The van der Waals surface area contributed by atoms with Crippen molar-refractivity contribution in [3.05, 3.63) is 22.5 Å². The molecule has 8 atom stereocenters. The number of ether oxygens (including phenoxy) is 1. The van der Waals surface area contributed by atoms with Crippen LogP contribution in [0, 0.1) is 50.0 Å². The highest BCUT2D eigenvalue weighted by atomic mass is 16.6. The van der Waals surface area contributed by atoms with E-state index in [0.717, 1.165) is 50.9 Å². The van der Waals surface area contributed by atoms with Crippen molar-refractivity contribution in [3.8, 4) is 0 Å². The number of hydrogen-bond acceptors (Lipinski definition) is 6. The molecule has 4 aliphatic rings. The minimum Gasteiger partial charge on any atom is -0.387 e. The molecule has 206 valence electrons. The first-order valence-electron chi connectivity index (χ1n) is 14.4. The van der Waals surface area contributed by atoms with Gasteiger partial charge in [0.25, 0.3) is 0 Å². The normalized spacial score (nSPS) is 43.7. The molecule has 0 saturated heterocycles. The van der Waals surface area contributed by atoms with Gasteiger partial charge in [0.15, 0.2) is 5.78 Å². The Hall–Kier alpha value is -1.80. The molecule has 0 radical (unpaired) electrons. The lowest BCUT2D eigenvalue weighted by Gasteiger charge is -2.59. The summed E-state index contributed by atoms with van der Waals surface area (Å²) in [5.74, 6) is 2.59. The van der Waals surface area contributed by atoms with E-state index in [-0.39, 0.29) is 28.8 Å². The van der Waals surface area contributed by atoms with E-state index in [9.17, 15) is 20.0 Å². The number of nitro groups is 1. The average Bonchev–Trinajstić information content (AvgIpc) is 3.40. The smallest absolute Gasteiger partial charge is 0.307 e. The molecule has 0 spiro atoms. The highest BCUT2D eigenvalue weighted by Gasteiger charge is 2.60. The van der Waals surface area contributed by atoms with Crippen molar-refractivity contribution in [2.24, 2.45) is 39.9 Å². The van der Waals surface area contributed by atoms with Crippen LogP contribution in [0.2, 0.25) is 0 Å². The van der Waals surface area contributed by atoms with Crippen LogP contribution in [0.4, 0.5) is 5.69 Å². The summed E-state index contributed by atoms with van der Waals surface area (Å²) < 4.78 is 6.82. The molecule has 8 nitrogen and oxygen atoms in total.